The van der Waals surface area contributed by atoms with Crippen LogP contribution in [0.25, 0.3) is 11.6 Å². The van der Waals surface area contributed by atoms with Crippen LogP contribution in [0.3, 0.4) is 0 Å². The highest BCUT2D eigenvalue weighted by Gasteiger charge is 2.28. The van der Waals surface area contributed by atoms with Crippen LogP contribution < -0.4 is 0 Å². The first-order valence-corrected chi connectivity index (χ1v) is 9.37. The first-order valence-electron chi connectivity index (χ1n) is 9.37. The summed E-state index contributed by atoms with van der Waals surface area (Å²) < 4.78 is 0. The zero-order chi connectivity index (χ0) is 16.1. The second kappa shape index (κ2) is 5.48. The predicted octanol–water partition coefficient (Wildman–Crippen LogP) is 6.59. The van der Waals surface area contributed by atoms with Crippen molar-refractivity contribution < 1.29 is 0 Å². The Balaban J connectivity index is 1.34. The van der Waals surface area contributed by atoms with Crippen molar-refractivity contribution in [2.24, 2.45) is 5.92 Å². The summed E-state index contributed by atoms with van der Waals surface area (Å²) in [7, 11) is 0. The Labute approximate surface area is 145 Å². The minimum Gasteiger partial charge on any atom is -0.0798 e. The van der Waals surface area contributed by atoms with Gasteiger partial charge in [-0.25, -0.2) is 0 Å². The average molecular weight is 312 g/mol. The van der Waals surface area contributed by atoms with Crippen molar-refractivity contribution in [1.29, 1.82) is 0 Å². The number of allylic oxidation sites excluding steroid dienone is 9. The maximum atomic E-state index is 2.43. The maximum absolute atomic E-state index is 2.43. The lowest BCUT2D eigenvalue weighted by Crippen LogP contribution is -1.96. The van der Waals surface area contributed by atoms with E-state index in [1.807, 2.05) is 0 Å². The molecule has 1 fully saturated rings. The van der Waals surface area contributed by atoms with Crippen molar-refractivity contribution in [3.63, 3.8) is 0 Å². The molecule has 1 aromatic carbocycles. The van der Waals surface area contributed by atoms with Gasteiger partial charge in [-0.3, -0.25) is 0 Å². The average Bonchev–Trinajstić information content (AvgIpc) is 2.99. The van der Waals surface area contributed by atoms with Gasteiger partial charge in [-0.1, -0.05) is 61.4 Å². The molecular weight excluding hydrogens is 288 g/mol. The molecule has 4 aliphatic carbocycles. The van der Waals surface area contributed by atoms with Gasteiger partial charge in [-0.2, -0.15) is 0 Å². The van der Waals surface area contributed by atoms with E-state index in [1.165, 1.54) is 52.7 Å². The highest BCUT2D eigenvalue weighted by molar-refractivity contribution is 5.77. The van der Waals surface area contributed by atoms with Gasteiger partial charge in [-0.05, 0) is 77.2 Å². The molecule has 0 bridgehead atoms. The molecule has 0 aromatic heterocycles. The molecule has 0 saturated heterocycles. The fourth-order valence-electron chi connectivity index (χ4n) is 4.43. The molecule has 1 aromatic rings. The summed E-state index contributed by atoms with van der Waals surface area (Å²) in [6, 6.07) is 7.15. The molecule has 120 valence electrons. The molecule has 0 heterocycles. The fraction of sp³-hybridized carbons (Fsp3) is 0.333. The molecule has 1 unspecified atom stereocenters. The van der Waals surface area contributed by atoms with E-state index in [9.17, 15) is 0 Å². The molecule has 5 rings (SSSR count). The zero-order valence-electron chi connectivity index (χ0n) is 14.4. The van der Waals surface area contributed by atoms with E-state index in [1.54, 1.807) is 5.56 Å². The van der Waals surface area contributed by atoms with Gasteiger partial charge in [0.15, 0.2) is 0 Å². The molecular formula is C24H24. The van der Waals surface area contributed by atoms with Gasteiger partial charge in [0.1, 0.15) is 0 Å². The van der Waals surface area contributed by atoms with Crippen molar-refractivity contribution in [3.8, 4) is 0 Å². The molecule has 0 nitrogen and oxygen atoms in total. The zero-order valence-corrected chi connectivity index (χ0v) is 14.4. The van der Waals surface area contributed by atoms with E-state index in [4.69, 9.17) is 0 Å². The van der Waals surface area contributed by atoms with E-state index in [0.29, 0.717) is 5.92 Å². The normalized spacial score (nSPS) is 24.6. The van der Waals surface area contributed by atoms with Gasteiger partial charge in [-0.15, -0.1) is 0 Å². The lowest BCUT2D eigenvalue weighted by atomic mass is 9.91. The van der Waals surface area contributed by atoms with Gasteiger partial charge >= 0.3 is 0 Å². The molecule has 1 saturated carbocycles. The quantitative estimate of drug-likeness (QED) is 0.588. The molecule has 0 amide bonds. The Kier molecular flexibility index (Phi) is 3.26. The summed E-state index contributed by atoms with van der Waals surface area (Å²) in [5.41, 5.74) is 10.4. The standard InChI is InChI=1S/C24H24/c1-16-3-2-4-23(16)21-8-7-18(14-21)19-11-12-24-20(13-17-5-6-17)9-10-22(24)15-19/h2-3,7-12,15,17,20H,4-6,13-14H2,1H3. The first-order chi connectivity index (χ1) is 11.8. The molecule has 0 aliphatic heterocycles. The Bertz CT molecular complexity index is 850. The molecule has 0 spiro atoms. The van der Waals surface area contributed by atoms with Gasteiger partial charge < -0.3 is 0 Å². The number of benzene rings is 1. The Morgan fingerprint density at radius 2 is 1.92 bits per heavy atom. The second-order valence-electron chi connectivity index (χ2n) is 7.82. The third kappa shape index (κ3) is 2.45. The van der Waals surface area contributed by atoms with Gasteiger partial charge in [0.05, 0.1) is 0 Å². The van der Waals surface area contributed by atoms with Crippen molar-refractivity contribution in [2.75, 3.05) is 0 Å². The Morgan fingerprint density at radius 3 is 2.71 bits per heavy atom. The predicted molar refractivity (Wildman–Crippen MR) is 103 cm³/mol. The summed E-state index contributed by atoms with van der Waals surface area (Å²) in [4.78, 5) is 0. The Morgan fingerprint density at radius 1 is 1.04 bits per heavy atom. The van der Waals surface area contributed by atoms with Gasteiger partial charge in [0, 0.05) is 5.92 Å². The second-order valence-corrected chi connectivity index (χ2v) is 7.82. The maximum Gasteiger partial charge on any atom is 0.00298 e. The monoisotopic (exact) mass is 312 g/mol. The summed E-state index contributed by atoms with van der Waals surface area (Å²) in [5, 5.41) is 0. The molecule has 0 N–H and O–H groups in total. The van der Waals surface area contributed by atoms with Crippen LogP contribution in [0, 0.1) is 5.92 Å². The molecule has 1 atom stereocenters. The third-order valence-electron chi connectivity index (χ3n) is 6.07. The van der Waals surface area contributed by atoms with Crippen LogP contribution in [0.15, 0.2) is 65.3 Å². The summed E-state index contributed by atoms with van der Waals surface area (Å²) in [6.07, 6.45) is 20.4. The van der Waals surface area contributed by atoms with Crippen LogP contribution in [0.1, 0.15) is 61.6 Å². The van der Waals surface area contributed by atoms with Crippen molar-refractivity contribution >= 4 is 11.6 Å². The van der Waals surface area contributed by atoms with E-state index in [2.05, 4.69) is 61.6 Å². The van der Waals surface area contributed by atoms with E-state index in [-0.39, 0.29) is 0 Å². The summed E-state index contributed by atoms with van der Waals surface area (Å²) in [5.74, 6) is 1.66. The summed E-state index contributed by atoms with van der Waals surface area (Å²) >= 11 is 0. The van der Waals surface area contributed by atoms with Crippen LogP contribution >= 0.6 is 0 Å². The SMILES string of the molecule is CC1=C(C2=CC=C(c3ccc4c(c3)C=CC4CC3CC3)C2)CC=C1. The molecule has 0 radical (unpaired) electrons. The lowest BCUT2D eigenvalue weighted by Gasteiger charge is -2.13. The van der Waals surface area contributed by atoms with Gasteiger partial charge in [0.25, 0.3) is 0 Å². The molecule has 4 aliphatic rings. The number of fused-ring (bicyclic) bond motifs is 1. The van der Waals surface area contributed by atoms with E-state index in [0.717, 1.165) is 18.8 Å². The largest absolute Gasteiger partial charge is 0.0798 e. The number of rotatable bonds is 4. The lowest BCUT2D eigenvalue weighted by molar-refractivity contribution is 0.669. The van der Waals surface area contributed by atoms with Crippen LogP contribution in [0.2, 0.25) is 0 Å². The Hall–Kier alpha value is -2.08. The minimum atomic E-state index is 0.671. The first kappa shape index (κ1) is 14.3. The van der Waals surface area contributed by atoms with Crippen molar-refractivity contribution in [1.82, 2.24) is 0 Å². The number of hydrogen-bond donors (Lipinski definition) is 0. The van der Waals surface area contributed by atoms with E-state index < -0.39 is 0 Å². The minimum absolute atomic E-state index is 0.671. The molecule has 0 heteroatoms. The van der Waals surface area contributed by atoms with Crippen LogP contribution in [0.5, 0.6) is 0 Å². The fourth-order valence-corrected chi connectivity index (χ4v) is 4.43. The smallest absolute Gasteiger partial charge is 0.00298 e. The van der Waals surface area contributed by atoms with Crippen molar-refractivity contribution in [3.05, 3.63) is 82.0 Å². The van der Waals surface area contributed by atoms with Crippen LogP contribution in [0.4, 0.5) is 0 Å². The molecule has 24 heavy (non-hydrogen) atoms. The summed E-state index contributed by atoms with van der Waals surface area (Å²) in [6.45, 7) is 2.23. The highest BCUT2D eigenvalue weighted by Crippen LogP contribution is 2.44. The third-order valence-corrected chi connectivity index (χ3v) is 6.07. The van der Waals surface area contributed by atoms with Crippen molar-refractivity contribution in [2.45, 2.75) is 44.9 Å². The number of hydrogen-bond acceptors (Lipinski definition) is 0. The van der Waals surface area contributed by atoms with Crippen LogP contribution in [-0.4, -0.2) is 0 Å². The highest BCUT2D eigenvalue weighted by atomic mass is 14.3. The van der Waals surface area contributed by atoms with Crippen LogP contribution in [-0.2, 0) is 0 Å². The van der Waals surface area contributed by atoms with Gasteiger partial charge in [0.2, 0.25) is 0 Å². The van der Waals surface area contributed by atoms with E-state index >= 15 is 0 Å². The topological polar surface area (TPSA) is 0 Å².